The van der Waals surface area contributed by atoms with Crippen LogP contribution in [0, 0.1) is 0 Å². The third-order valence-corrected chi connectivity index (χ3v) is 20.3. The SMILES string of the molecule is COc1ccc(Sc2ccc(Sc3ccc(OC)cc3)c3c2-c2nc-3nc3[nH]c(nc4[nH]c(n2)c2c(Sc5ccc(OC)cc5)ccc(Sc5ccc(OC)cc5)c42)c2c(Sc4ccc(OC)cc4)ccc(Sc4ccc(OC)cc4)c32)cc1. The molecule has 0 aliphatic carbocycles. The van der Waals surface area contributed by atoms with E-state index in [9.17, 15) is 0 Å². The van der Waals surface area contributed by atoms with Crippen molar-refractivity contribution < 1.29 is 28.4 Å². The zero-order valence-corrected chi connectivity index (χ0v) is 50.9. The Hall–Kier alpha value is -8.10. The van der Waals surface area contributed by atoms with Crippen molar-refractivity contribution in [2.24, 2.45) is 0 Å². The smallest absolute Gasteiger partial charge is 0.165 e. The van der Waals surface area contributed by atoms with Gasteiger partial charge in [-0.25, -0.2) is 19.9 Å². The van der Waals surface area contributed by atoms with Crippen molar-refractivity contribution in [3.63, 3.8) is 0 Å². The number of nitrogens with one attached hydrogen (secondary N) is 2. The highest BCUT2D eigenvalue weighted by molar-refractivity contribution is 8.01. The van der Waals surface area contributed by atoms with E-state index in [-0.39, 0.29) is 0 Å². The molecule has 0 spiro atoms. The fourth-order valence-corrected chi connectivity index (χ4v) is 15.5. The Morgan fingerprint density at radius 1 is 0.238 bits per heavy atom. The molecule has 3 aromatic heterocycles. The summed E-state index contributed by atoms with van der Waals surface area (Å²) < 4.78 is 33.6. The zero-order chi connectivity index (χ0) is 57.3. The van der Waals surface area contributed by atoms with Crippen LogP contribution in [0.25, 0.3) is 66.9 Å². The van der Waals surface area contributed by atoms with Crippen molar-refractivity contribution in [1.29, 1.82) is 0 Å². The van der Waals surface area contributed by atoms with E-state index < -0.39 is 0 Å². The third kappa shape index (κ3) is 11.2. The monoisotopic (exact) mass is 1210 g/mol. The van der Waals surface area contributed by atoms with Gasteiger partial charge in [0.1, 0.15) is 57.1 Å². The maximum absolute atomic E-state index is 5.76. The highest BCUT2D eigenvalue weighted by atomic mass is 32.2. The van der Waals surface area contributed by atoms with Gasteiger partial charge in [0.2, 0.25) is 0 Å². The number of rotatable bonds is 18. The Morgan fingerprint density at radius 2 is 0.440 bits per heavy atom. The molecule has 1 aliphatic heterocycles. The second kappa shape index (κ2) is 24.2. The van der Waals surface area contributed by atoms with Gasteiger partial charge in [0.15, 0.2) is 11.6 Å². The predicted octanol–water partition coefficient (Wildman–Crippen LogP) is 18.3. The molecule has 2 N–H and O–H groups in total. The molecule has 9 aromatic carbocycles. The first-order valence-electron chi connectivity index (χ1n) is 26.3. The number of ether oxygens (including phenoxy) is 6. The van der Waals surface area contributed by atoms with Crippen LogP contribution in [-0.2, 0) is 0 Å². The minimum absolute atomic E-state index is 0.500. The summed E-state index contributed by atoms with van der Waals surface area (Å²) in [6, 6.07) is 61.8. The fourth-order valence-electron chi connectivity index (χ4n) is 9.72. The molecule has 4 heterocycles. The van der Waals surface area contributed by atoms with E-state index in [1.165, 1.54) is 0 Å². The molecule has 0 atom stereocenters. The summed E-state index contributed by atoms with van der Waals surface area (Å²) in [6.45, 7) is 0. The molecule has 0 fully saturated rings. The highest BCUT2D eigenvalue weighted by Gasteiger charge is 2.29. The van der Waals surface area contributed by atoms with Crippen LogP contribution in [-0.4, -0.2) is 72.6 Å². The molecule has 0 unspecified atom stereocenters. The van der Waals surface area contributed by atoms with Crippen molar-refractivity contribution in [2.75, 3.05) is 42.7 Å². The normalized spacial score (nSPS) is 11.5. The first-order valence-corrected chi connectivity index (χ1v) is 31.2. The molecule has 0 radical (unpaired) electrons. The number of aromatic nitrogens is 6. The molecule has 1 aliphatic rings. The topological polar surface area (TPSA) is 139 Å². The minimum atomic E-state index is 0.500. The lowest BCUT2D eigenvalue weighted by Crippen LogP contribution is -1.90. The molecule has 18 heteroatoms. The summed E-state index contributed by atoms with van der Waals surface area (Å²) in [6.07, 6.45) is 0. The summed E-state index contributed by atoms with van der Waals surface area (Å²) >= 11 is 9.89. The molecule has 0 saturated carbocycles. The van der Waals surface area contributed by atoms with Crippen LogP contribution in [0.15, 0.2) is 241 Å². The number of H-pyrrole nitrogens is 2. The lowest BCUT2D eigenvalue weighted by atomic mass is 10.1. The largest absolute Gasteiger partial charge is 0.497 e. The van der Waals surface area contributed by atoms with Crippen LogP contribution < -0.4 is 28.4 Å². The molecule has 13 rings (SSSR count). The first-order chi connectivity index (χ1) is 41.2. The van der Waals surface area contributed by atoms with E-state index >= 15 is 0 Å². The van der Waals surface area contributed by atoms with Gasteiger partial charge in [-0.2, -0.15) is 0 Å². The van der Waals surface area contributed by atoms with Gasteiger partial charge < -0.3 is 38.4 Å². The summed E-state index contributed by atoms with van der Waals surface area (Å²) in [4.78, 5) is 42.4. The van der Waals surface area contributed by atoms with Crippen LogP contribution >= 0.6 is 70.6 Å². The molecule has 0 saturated heterocycles. The van der Waals surface area contributed by atoms with E-state index in [0.29, 0.717) is 34.2 Å². The van der Waals surface area contributed by atoms with Gasteiger partial charge in [-0.1, -0.05) is 70.6 Å². The van der Waals surface area contributed by atoms with Crippen molar-refractivity contribution in [3.8, 4) is 57.3 Å². The minimum Gasteiger partial charge on any atom is -0.497 e. The predicted molar refractivity (Wildman–Crippen MR) is 341 cm³/mol. The summed E-state index contributed by atoms with van der Waals surface area (Å²) in [5, 5.41) is 3.55. The van der Waals surface area contributed by atoms with E-state index in [4.69, 9.17) is 48.4 Å². The van der Waals surface area contributed by atoms with Crippen molar-refractivity contribution in [1.82, 2.24) is 29.9 Å². The number of methoxy groups -OCH3 is 6. The van der Waals surface area contributed by atoms with Crippen molar-refractivity contribution in [3.05, 3.63) is 182 Å². The van der Waals surface area contributed by atoms with Gasteiger partial charge in [0.05, 0.1) is 42.7 Å². The quantitative estimate of drug-likeness (QED) is 0.0842. The van der Waals surface area contributed by atoms with E-state index in [1.807, 2.05) is 72.8 Å². The summed E-state index contributed by atoms with van der Waals surface area (Å²) in [5.41, 5.74) is 4.11. The second-order valence-corrected chi connectivity index (χ2v) is 25.5. The maximum atomic E-state index is 5.76. The summed E-state index contributed by atoms with van der Waals surface area (Å²) in [5.74, 6) is 5.64. The molecular formula is C66H50N6O6S6. The number of aromatic amines is 2. The molecule has 12 nitrogen and oxygen atoms in total. The van der Waals surface area contributed by atoms with Crippen molar-refractivity contribution >= 4 is 115 Å². The second-order valence-electron chi connectivity index (χ2n) is 18.8. The molecule has 84 heavy (non-hydrogen) atoms. The Labute approximate surface area is 510 Å². The van der Waals surface area contributed by atoms with Gasteiger partial charge in [-0.3, -0.25) is 0 Å². The van der Waals surface area contributed by atoms with Gasteiger partial charge in [0, 0.05) is 91.4 Å². The van der Waals surface area contributed by atoms with Crippen LogP contribution in [0.1, 0.15) is 0 Å². The van der Waals surface area contributed by atoms with Gasteiger partial charge in [-0.05, 0) is 182 Å². The average Bonchev–Trinajstić information content (AvgIpc) is 2.04. The summed E-state index contributed by atoms with van der Waals surface area (Å²) in [7, 11) is 10.1. The molecule has 0 amide bonds. The first kappa shape index (κ1) is 55.1. The van der Waals surface area contributed by atoms with E-state index in [0.717, 1.165) is 126 Å². The number of fused-ring (bicyclic) bond motifs is 15. The zero-order valence-electron chi connectivity index (χ0n) is 46.0. The lowest BCUT2D eigenvalue weighted by Gasteiger charge is -2.13. The van der Waals surface area contributed by atoms with E-state index in [2.05, 4.69) is 119 Å². The number of hydrogen-bond donors (Lipinski definition) is 2. The number of nitrogens with zero attached hydrogens (tertiary/aromatic N) is 4. The van der Waals surface area contributed by atoms with Gasteiger partial charge in [-0.15, -0.1) is 0 Å². The van der Waals surface area contributed by atoms with Crippen LogP contribution in [0.3, 0.4) is 0 Å². The Balaban J connectivity index is 1.16. The van der Waals surface area contributed by atoms with Crippen molar-refractivity contribution in [2.45, 2.75) is 58.7 Å². The molecule has 12 aromatic rings. The highest BCUT2D eigenvalue weighted by Crippen LogP contribution is 2.51. The Morgan fingerprint density at radius 3 is 0.667 bits per heavy atom. The van der Waals surface area contributed by atoms with Crippen LogP contribution in [0.4, 0.5) is 0 Å². The molecule has 6 bridgehead atoms. The van der Waals surface area contributed by atoms with Crippen LogP contribution in [0.2, 0.25) is 0 Å². The van der Waals surface area contributed by atoms with E-state index in [1.54, 1.807) is 113 Å². The molecular weight excluding hydrogens is 1170 g/mol. The van der Waals surface area contributed by atoms with Gasteiger partial charge in [0.25, 0.3) is 0 Å². The standard InChI is InChI=1S/C66H50N6O6S6/c1-73-37-7-19-43(20-8-37)79-49-31-32-50(80-44-21-9-38(74-2)10-22-44)56-55(49)61-67-62(56)71-64-59-53(83-47-27-15-41(77-5)16-28-47)35-36-54(84-48-29-17-42(78-6)18-30-48)60(59)66(69-64)72-65-58-52(82-46-25-13-40(76-4)14-26-46)34-33-51(57(58)63(68-65)70-61)81-45-23-11-39(75-3)12-24-45/h7-36H,1-6H3,(H2,67,68,69,70,71,72). The average molecular weight is 1220 g/mol. The molecule has 416 valence electrons. The Bertz CT molecular complexity index is 4210. The number of benzene rings is 9. The lowest BCUT2D eigenvalue weighted by molar-refractivity contribution is 0.414. The van der Waals surface area contributed by atoms with Crippen LogP contribution in [0.5, 0.6) is 34.5 Å². The fraction of sp³-hybridized carbons (Fsp3) is 0.0909. The number of hydrogen-bond acceptors (Lipinski definition) is 16. The van der Waals surface area contributed by atoms with Gasteiger partial charge >= 0.3 is 0 Å². The Kier molecular flexibility index (Phi) is 15.9. The third-order valence-electron chi connectivity index (χ3n) is 13.8. The maximum Gasteiger partial charge on any atom is 0.165 e.